The van der Waals surface area contributed by atoms with Crippen LogP contribution in [0.5, 0.6) is 0 Å². The maximum absolute atomic E-state index is 8.95. The molecule has 0 aliphatic carbocycles. The van der Waals surface area contributed by atoms with Gasteiger partial charge in [-0.05, 0) is 30.6 Å². The Hall–Kier alpha value is -0.0400. The van der Waals surface area contributed by atoms with Crippen LogP contribution in [-0.2, 0) is 0 Å². The minimum atomic E-state index is 0.338. The van der Waals surface area contributed by atoms with Gasteiger partial charge in [0.1, 0.15) is 0 Å². The molecule has 0 heterocycles. The van der Waals surface area contributed by atoms with Crippen molar-refractivity contribution in [2.45, 2.75) is 66.2 Å². The first-order valence-corrected chi connectivity index (χ1v) is 6.12. The Kier molecular flexibility index (Phi) is 7.26. The topological polar surface area (TPSA) is 20.2 Å². The number of aliphatic hydroxyl groups is 1. The SMILES string of the molecule is CCCCCC(C)(C)CCC(C)CO. The van der Waals surface area contributed by atoms with E-state index in [9.17, 15) is 0 Å². The minimum absolute atomic E-state index is 0.338. The van der Waals surface area contributed by atoms with E-state index in [1.807, 2.05) is 0 Å². The van der Waals surface area contributed by atoms with Crippen LogP contribution < -0.4 is 0 Å². The van der Waals surface area contributed by atoms with Crippen molar-refractivity contribution in [1.29, 1.82) is 0 Å². The number of hydrogen-bond acceptors (Lipinski definition) is 1. The van der Waals surface area contributed by atoms with Crippen molar-refractivity contribution in [3.8, 4) is 0 Å². The first-order valence-electron chi connectivity index (χ1n) is 6.12. The van der Waals surface area contributed by atoms with Gasteiger partial charge in [-0.25, -0.2) is 0 Å². The van der Waals surface area contributed by atoms with Gasteiger partial charge < -0.3 is 5.11 Å². The number of hydrogen-bond donors (Lipinski definition) is 1. The molecule has 0 rings (SSSR count). The van der Waals surface area contributed by atoms with Crippen molar-refractivity contribution >= 4 is 0 Å². The Morgan fingerprint density at radius 3 is 2.29 bits per heavy atom. The molecule has 0 radical (unpaired) electrons. The van der Waals surface area contributed by atoms with E-state index in [0.717, 1.165) is 6.42 Å². The highest BCUT2D eigenvalue weighted by Crippen LogP contribution is 2.30. The van der Waals surface area contributed by atoms with Crippen molar-refractivity contribution in [3.63, 3.8) is 0 Å². The summed E-state index contributed by atoms with van der Waals surface area (Å²) in [7, 11) is 0. The molecule has 1 unspecified atom stereocenters. The third-order valence-electron chi connectivity index (χ3n) is 3.08. The van der Waals surface area contributed by atoms with E-state index >= 15 is 0 Å². The second-order valence-electron chi connectivity index (χ2n) is 5.45. The highest BCUT2D eigenvalue weighted by atomic mass is 16.3. The summed E-state index contributed by atoms with van der Waals surface area (Å²) in [6.07, 6.45) is 7.77. The zero-order valence-corrected chi connectivity index (χ0v) is 10.5. The number of aliphatic hydroxyl groups excluding tert-OH is 1. The molecule has 0 saturated carbocycles. The quantitative estimate of drug-likeness (QED) is 0.587. The Bertz CT molecular complexity index is 129. The highest BCUT2D eigenvalue weighted by molar-refractivity contribution is 4.69. The van der Waals surface area contributed by atoms with Gasteiger partial charge in [0, 0.05) is 6.61 Å². The van der Waals surface area contributed by atoms with E-state index in [4.69, 9.17) is 5.11 Å². The highest BCUT2D eigenvalue weighted by Gasteiger charge is 2.17. The van der Waals surface area contributed by atoms with Crippen LogP contribution in [0.3, 0.4) is 0 Å². The lowest BCUT2D eigenvalue weighted by molar-refractivity contribution is 0.200. The molecule has 0 aliphatic heterocycles. The molecule has 0 aromatic rings. The molecular weight excluding hydrogens is 172 g/mol. The molecule has 0 spiro atoms. The van der Waals surface area contributed by atoms with E-state index in [1.165, 1.54) is 32.1 Å². The van der Waals surface area contributed by atoms with Crippen LogP contribution in [0.15, 0.2) is 0 Å². The molecule has 0 bridgehead atoms. The maximum Gasteiger partial charge on any atom is 0.0456 e. The fourth-order valence-electron chi connectivity index (χ4n) is 1.71. The lowest BCUT2D eigenvalue weighted by atomic mass is 9.81. The van der Waals surface area contributed by atoms with Crippen LogP contribution in [0.2, 0.25) is 0 Å². The van der Waals surface area contributed by atoms with Gasteiger partial charge in [-0.2, -0.15) is 0 Å². The largest absolute Gasteiger partial charge is 0.396 e. The molecule has 0 amide bonds. The Morgan fingerprint density at radius 1 is 1.14 bits per heavy atom. The van der Waals surface area contributed by atoms with Gasteiger partial charge in [0.15, 0.2) is 0 Å². The normalized spacial score (nSPS) is 14.4. The fraction of sp³-hybridized carbons (Fsp3) is 1.00. The summed E-state index contributed by atoms with van der Waals surface area (Å²) in [5, 5.41) is 8.95. The van der Waals surface area contributed by atoms with Gasteiger partial charge >= 0.3 is 0 Å². The molecule has 14 heavy (non-hydrogen) atoms. The maximum atomic E-state index is 8.95. The average Bonchev–Trinajstić information content (AvgIpc) is 2.14. The zero-order valence-electron chi connectivity index (χ0n) is 10.5. The van der Waals surface area contributed by atoms with Crippen LogP contribution in [0.1, 0.15) is 66.2 Å². The summed E-state index contributed by atoms with van der Waals surface area (Å²) < 4.78 is 0. The molecule has 0 aromatic heterocycles. The van der Waals surface area contributed by atoms with Crippen LogP contribution in [-0.4, -0.2) is 11.7 Å². The molecule has 1 N–H and O–H groups in total. The van der Waals surface area contributed by atoms with Crippen molar-refractivity contribution in [2.75, 3.05) is 6.61 Å². The lowest BCUT2D eigenvalue weighted by Crippen LogP contribution is -2.14. The predicted octanol–water partition coefficient (Wildman–Crippen LogP) is 4.00. The lowest BCUT2D eigenvalue weighted by Gasteiger charge is -2.25. The fourth-order valence-corrected chi connectivity index (χ4v) is 1.71. The smallest absolute Gasteiger partial charge is 0.0456 e. The summed E-state index contributed by atoms with van der Waals surface area (Å²) >= 11 is 0. The van der Waals surface area contributed by atoms with Gasteiger partial charge in [0.2, 0.25) is 0 Å². The van der Waals surface area contributed by atoms with Gasteiger partial charge in [0.05, 0.1) is 0 Å². The van der Waals surface area contributed by atoms with E-state index in [2.05, 4.69) is 27.7 Å². The summed E-state index contributed by atoms with van der Waals surface area (Å²) in [5.41, 5.74) is 0.471. The summed E-state index contributed by atoms with van der Waals surface area (Å²) in [6, 6.07) is 0. The van der Waals surface area contributed by atoms with E-state index in [0.29, 0.717) is 17.9 Å². The molecular formula is C13H28O. The van der Waals surface area contributed by atoms with Crippen LogP contribution in [0.25, 0.3) is 0 Å². The van der Waals surface area contributed by atoms with E-state index in [1.54, 1.807) is 0 Å². The molecule has 0 aromatic carbocycles. The van der Waals surface area contributed by atoms with Gasteiger partial charge in [-0.15, -0.1) is 0 Å². The first kappa shape index (κ1) is 14.0. The minimum Gasteiger partial charge on any atom is -0.396 e. The molecule has 0 saturated heterocycles. The Balaban J connectivity index is 3.60. The zero-order chi connectivity index (χ0) is 11.0. The van der Waals surface area contributed by atoms with Gasteiger partial charge in [0.25, 0.3) is 0 Å². The molecule has 86 valence electrons. The third kappa shape index (κ3) is 7.37. The van der Waals surface area contributed by atoms with E-state index < -0.39 is 0 Å². The average molecular weight is 200 g/mol. The standard InChI is InChI=1S/C13H28O/c1-5-6-7-9-13(3,4)10-8-12(2)11-14/h12,14H,5-11H2,1-4H3. The van der Waals surface area contributed by atoms with Crippen molar-refractivity contribution in [2.24, 2.45) is 11.3 Å². The summed E-state index contributed by atoms with van der Waals surface area (Å²) in [4.78, 5) is 0. The number of rotatable bonds is 8. The third-order valence-corrected chi connectivity index (χ3v) is 3.08. The van der Waals surface area contributed by atoms with Crippen molar-refractivity contribution < 1.29 is 5.11 Å². The molecule has 0 aliphatic rings. The van der Waals surface area contributed by atoms with Crippen LogP contribution in [0.4, 0.5) is 0 Å². The summed E-state index contributed by atoms with van der Waals surface area (Å²) in [5.74, 6) is 0.473. The van der Waals surface area contributed by atoms with Crippen molar-refractivity contribution in [3.05, 3.63) is 0 Å². The molecule has 0 fully saturated rings. The Labute approximate surface area is 89.9 Å². The van der Waals surface area contributed by atoms with Gasteiger partial charge in [-0.3, -0.25) is 0 Å². The molecule has 1 atom stereocenters. The van der Waals surface area contributed by atoms with Gasteiger partial charge in [-0.1, -0.05) is 47.0 Å². The number of unbranched alkanes of at least 4 members (excludes halogenated alkanes) is 2. The second-order valence-corrected chi connectivity index (χ2v) is 5.45. The second kappa shape index (κ2) is 7.28. The van der Waals surface area contributed by atoms with Crippen LogP contribution >= 0.6 is 0 Å². The predicted molar refractivity (Wildman–Crippen MR) is 63.4 cm³/mol. The Morgan fingerprint density at radius 2 is 1.79 bits per heavy atom. The van der Waals surface area contributed by atoms with Crippen molar-refractivity contribution in [1.82, 2.24) is 0 Å². The van der Waals surface area contributed by atoms with E-state index in [-0.39, 0.29) is 0 Å². The summed E-state index contributed by atoms with van der Waals surface area (Å²) in [6.45, 7) is 9.42. The monoisotopic (exact) mass is 200 g/mol. The molecule has 1 nitrogen and oxygen atoms in total. The molecule has 1 heteroatoms. The first-order chi connectivity index (χ1) is 6.52. The van der Waals surface area contributed by atoms with Crippen LogP contribution in [0, 0.1) is 11.3 Å².